The van der Waals surface area contributed by atoms with Crippen LogP contribution in [0.3, 0.4) is 0 Å². The van der Waals surface area contributed by atoms with Crippen LogP contribution in [-0.2, 0) is 20.8 Å². The molecule has 0 radical (unpaired) electrons. The minimum absolute atomic E-state index is 0.179. The summed E-state index contributed by atoms with van der Waals surface area (Å²) in [7, 11) is 3.09. The van der Waals surface area contributed by atoms with E-state index < -0.39 is 5.97 Å². The number of furan rings is 1. The summed E-state index contributed by atoms with van der Waals surface area (Å²) in [6.07, 6.45) is 0. The molecule has 84 valence electrons. The molecule has 0 bridgehead atoms. The fourth-order valence-corrected chi connectivity index (χ4v) is 0.996. The molecule has 1 aromatic rings. The zero-order valence-electron chi connectivity index (χ0n) is 8.82. The Hall–Kier alpha value is -1.33. The van der Waals surface area contributed by atoms with E-state index in [0.29, 0.717) is 19.0 Å². The Morgan fingerprint density at radius 2 is 2.07 bits per heavy atom. The summed E-state index contributed by atoms with van der Waals surface area (Å²) in [6.45, 7) is 0.929. The first-order chi connectivity index (χ1) is 7.27. The van der Waals surface area contributed by atoms with Crippen molar-refractivity contribution in [2.45, 2.75) is 6.61 Å². The Bertz CT molecular complexity index is 305. The Balaban J connectivity index is 2.43. The van der Waals surface area contributed by atoms with Crippen LogP contribution in [0.2, 0.25) is 0 Å². The lowest BCUT2D eigenvalue weighted by atomic mass is 10.4. The Morgan fingerprint density at radius 1 is 1.27 bits per heavy atom. The molecule has 0 amide bonds. The Kier molecular flexibility index (Phi) is 4.86. The molecular formula is C10H14O5. The first-order valence-corrected chi connectivity index (χ1v) is 4.51. The van der Waals surface area contributed by atoms with Gasteiger partial charge in [0, 0.05) is 14.2 Å². The van der Waals surface area contributed by atoms with E-state index in [0.717, 1.165) is 0 Å². The molecule has 15 heavy (non-hydrogen) atoms. The smallest absolute Gasteiger partial charge is 0.374 e. The molecule has 0 aliphatic carbocycles. The van der Waals surface area contributed by atoms with Gasteiger partial charge in [0.05, 0.1) is 6.61 Å². The maximum absolute atomic E-state index is 11.3. The molecule has 0 atom stereocenters. The third-order valence-electron chi connectivity index (χ3n) is 1.67. The van der Waals surface area contributed by atoms with Crippen molar-refractivity contribution in [1.82, 2.24) is 0 Å². The average molecular weight is 214 g/mol. The minimum atomic E-state index is -0.491. The lowest BCUT2D eigenvalue weighted by Crippen LogP contribution is -2.09. The van der Waals surface area contributed by atoms with Gasteiger partial charge in [-0.15, -0.1) is 0 Å². The summed E-state index contributed by atoms with van der Waals surface area (Å²) in [5.41, 5.74) is 0. The zero-order valence-corrected chi connectivity index (χ0v) is 8.82. The van der Waals surface area contributed by atoms with Crippen LogP contribution in [0.1, 0.15) is 16.3 Å². The maximum atomic E-state index is 11.3. The van der Waals surface area contributed by atoms with E-state index in [4.69, 9.17) is 18.6 Å². The van der Waals surface area contributed by atoms with Gasteiger partial charge in [0.1, 0.15) is 19.0 Å². The second-order valence-corrected chi connectivity index (χ2v) is 2.83. The van der Waals surface area contributed by atoms with Crippen LogP contribution >= 0.6 is 0 Å². The SMILES string of the molecule is COCCOC(=O)c1ccc(COC)o1. The fourth-order valence-electron chi connectivity index (χ4n) is 0.996. The number of rotatable bonds is 6. The topological polar surface area (TPSA) is 57.9 Å². The van der Waals surface area contributed by atoms with Crippen molar-refractivity contribution in [2.24, 2.45) is 0 Å². The highest BCUT2D eigenvalue weighted by atomic mass is 16.6. The average Bonchev–Trinajstić information content (AvgIpc) is 2.67. The molecule has 0 saturated heterocycles. The molecule has 1 aromatic heterocycles. The van der Waals surface area contributed by atoms with Crippen LogP contribution in [0.4, 0.5) is 0 Å². The normalized spacial score (nSPS) is 10.3. The summed E-state index contributed by atoms with van der Waals surface area (Å²) < 4.78 is 19.6. The highest BCUT2D eigenvalue weighted by Gasteiger charge is 2.12. The number of ether oxygens (including phenoxy) is 3. The minimum Gasteiger partial charge on any atom is -0.457 e. The molecule has 0 spiro atoms. The molecule has 0 saturated carbocycles. The zero-order chi connectivity index (χ0) is 11.1. The number of hydrogen-bond donors (Lipinski definition) is 0. The highest BCUT2D eigenvalue weighted by Crippen LogP contribution is 2.09. The first kappa shape index (κ1) is 11.7. The molecule has 1 heterocycles. The van der Waals surface area contributed by atoms with Gasteiger partial charge in [-0.3, -0.25) is 0 Å². The van der Waals surface area contributed by atoms with Crippen LogP contribution in [0.25, 0.3) is 0 Å². The van der Waals surface area contributed by atoms with Gasteiger partial charge in [-0.05, 0) is 12.1 Å². The van der Waals surface area contributed by atoms with Gasteiger partial charge in [0.2, 0.25) is 5.76 Å². The third-order valence-corrected chi connectivity index (χ3v) is 1.67. The van der Waals surface area contributed by atoms with E-state index in [1.165, 1.54) is 7.11 Å². The van der Waals surface area contributed by atoms with Crippen molar-refractivity contribution in [3.63, 3.8) is 0 Å². The Labute approximate surface area is 87.9 Å². The van der Waals surface area contributed by atoms with Crippen LogP contribution in [-0.4, -0.2) is 33.4 Å². The molecule has 0 aromatic carbocycles. The largest absolute Gasteiger partial charge is 0.457 e. The van der Waals surface area contributed by atoms with E-state index in [1.807, 2.05) is 0 Å². The number of methoxy groups -OCH3 is 2. The fraction of sp³-hybridized carbons (Fsp3) is 0.500. The van der Waals surface area contributed by atoms with E-state index >= 15 is 0 Å². The van der Waals surface area contributed by atoms with Crippen molar-refractivity contribution < 1.29 is 23.4 Å². The first-order valence-electron chi connectivity index (χ1n) is 4.51. The quantitative estimate of drug-likeness (QED) is 0.526. The van der Waals surface area contributed by atoms with E-state index in [-0.39, 0.29) is 12.4 Å². The summed E-state index contributed by atoms with van der Waals surface area (Å²) >= 11 is 0. The van der Waals surface area contributed by atoms with Crippen LogP contribution in [0.5, 0.6) is 0 Å². The van der Waals surface area contributed by atoms with Crippen LogP contribution < -0.4 is 0 Å². The number of hydrogen-bond acceptors (Lipinski definition) is 5. The molecule has 0 N–H and O–H groups in total. The van der Waals surface area contributed by atoms with Gasteiger partial charge in [-0.25, -0.2) is 4.79 Å². The van der Waals surface area contributed by atoms with Gasteiger partial charge in [0.25, 0.3) is 0 Å². The van der Waals surface area contributed by atoms with Crippen molar-refractivity contribution in [1.29, 1.82) is 0 Å². The molecule has 0 aliphatic rings. The standard InChI is InChI=1S/C10H14O5/c1-12-5-6-14-10(11)9-4-3-8(15-9)7-13-2/h3-4H,5-7H2,1-2H3. The van der Waals surface area contributed by atoms with E-state index in [2.05, 4.69) is 0 Å². The van der Waals surface area contributed by atoms with Gasteiger partial charge in [-0.2, -0.15) is 0 Å². The summed E-state index contributed by atoms with van der Waals surface area (Å²) in [5, 5.41) is 0. The molecule has 0 aliphatic heterocycles. The van der Waals surface area contributed by atoms with Gasteiger partial charge in [-0.1, -0.05) is 0 Å². The van der Waals surface area contributed by atoms with Crippen molar-refractivity contribution in [3.8, 4) is 0 Å². The molecule has 1 rings (SSSR count). The van der Waals surface area contributed by atoms with Crippen LogP contribution in [0.15, 0.2) is 16.5 Å². The lowest BCUT2D eigenvalue weighted by molar-refractivity contribution is 0.0349. The molecular weight excluding hydrogens is 200 g/mol. The molecule has 0 unspecified atom stereocenters. The van der Waals surface area contributed by atoms with Crippen molar-refractivity contribution in [2.75, 3.05) is 27.4 Å². The molecule has 0 fully saturated rings. The van der Waals surface area contributed by atoms with Gasteiger partial charge < -0.3 is 18.6 Å². The summed E-state index contributed by atoms with van der Waals surface area (Å²) in [6, 6.07) is 3.24. The lowest BCUT2D eigenvalue weighted by Gasteiger charge is -2.00. The second-order valence-electron chi connectivity index (χ2n) is 2.83. The summed E-state index contributed by atoms with van der Waals surface area (Å²) in [5.74, 6) is 0.281. The van der Waals surface area contributed by atoms with Gasteiger partial charge in [0.15, 0.2) is 0 Å². The van der Waals surface area contributed by atoms with Gasteiger partial charge >= 0.3 is 5.97 Å². The number of esters is 1. The monoisotopic (exact) mass is 214 g/mol. The van der Waals surface area contributed by atoms with Crippen molar-refractivity contribution >= 4 is 5.97 Å². The predicted molar refractivity (Wildman–Crippen MR) is 51.6 cm³/mol. The predicted octanol–water partition coefficient (Wildman–Crippen LogP) is 1.23. The third kappa shape index (κ3) is 3.73. The maximum Gasteiger partial charge on any atom is 0.374 e. The number of carbonyl (C=O) groups is 1. The van der Waals surface area contributed by atoms with Crippen LogP contribution in [0, 0.1) is 0 Å². The van der Waals surface area contributed by atoms with E-state index in [1.54, 1.807) is 19.2 Å². The summed E-state index contributed by atoms with van der Waals surface area (Å²) in [4.78, 5) is 11.3. The Morgan fingerprint density at radius 3 is 2.73 bits per heavy atom. The second kappa shape index (κ2) is 6.21. The molecule has 5 nitrogen and oxygen atoms in total. The highest BCUT2D eigenvalue weighted by molar-refractivity contribution is 5.86. The van der Waals surface area contributed by atoms with Crippen molar-refractivity contribution in [3.05, 3.63) is 23.7 Å². The number of carbonyl (C=O) groups excluding carboxylic acids is 1. The van der Waals surface area contributed by atoms with E-state index in [9.17, 15) is 4.79 Å². The molecule has 5 heteroatoms.